The first kappa shape index (κ1) is 11.0. The van der Waals surface area contributed by atoms with Crippen molar-refractivity contribution in [1.29, 1.82) is 5.26 Å². The van der Waals surface area contributed by atoms with E-state index in [2.05, 4.69) is 6.07 Å². The van der Waals surface area contributed by atoms with E-state index in [1.807, 2.05) is 30.3 Å². The van der Waals surface area contributed by atoms with Gasteiger partial charge >= 0.3 is 0 Å². The van der Waals surface area contributed by atoms with Crippen molar-refractivity contribution < 1.29 is 0 Å². The molecule has 1 rings (SSSR count). The molecule has 0 aromatic heterocycles. The maximum atomic E-state index is 8.65. The van der Waals surface area contributed by atoms with E-state index < -0.39 is 0 Å². The first-order valence-electron chi connectivity index (χ1n) is 3.53. The molecular formula is C9H11ClN2. The van der Waals surface area contributed by atoms with E-state index in [1.54, 1.807) is 0 Å². The zero-order valence-corrected chi connectivity index (χ0v) is 7.42. The summed E-state index contributed by atoms with van der Waals surface area (Å²) in [5.41, 5.74) is 6.39. The van der Waals surface area contributed by atoms with Crippen molar-refractivity contribution in [2.24, 2.45) is 5.73 Å². The quantitative estimate of drug-likeness (QED) is 0.757. The smallest absolute Gasteiger partial charge is 0.0834 e. The van der Waals surface area contributed by atoms with Crippen LogP contribution in [0.5, 0.6) is 0 Å². The second-order valence-corrected chi connectivity index (χ2v) is 2.33. The average Bonchev–Trinajstić information content (AvgIpc) is 2.09. The van der Waals surface area contributed by atoms with E-state index in [-0.39, 0.29) is 18.3 Å². The van der Waals surface area contributed by atoms with Crippen LogP contribution >= 0.6 is 12.4 Å². The van der Waals surface area contributed by atoms with E-state index >= 15 is 0 Å². The van der Waals surface area contributed by atoms with Crippen molar-refractivity contribution in [3.8, 4) is 6.07 Å². The summed E-state index contributed by atoms with van der Waals surface area (Å²) in [6, 6.07) is 11.7. The van der Waals surface area contributed by atoms with Gasteiger partial charge in [0.2, 0.25) is 0 Å². The average molecular weight is 183 g/mol. The van der Waals surface area contributed by atoms with Crippen LogP contribution in [0.1, 0.15) is 11.5 Å². The SMILES string of the molecule is Cl.N#CC(CN)c1ccccc1. The van der Waals surface area contributed by atoms with Gasteiger partial charge in [0.05, 0.1) is 12.0 Å². The Kier molecular flexibility index (Phi) is 5.11. The number of nitrogens with zero attached hydrogens (tertiary/aromatic N) is 1. The van der Waals surface area contributed by atoms with Crippen LogP contribution in [0, 0.1) is 11.3 Å². The van der Waals surface area contributed by atoms with Gasteiger partial charge in [-0.15, -0.1) is 12.4 Å². The Morgan fingerprint density at radius 1 is 1.33 bits per heavy atom. The Morgan fingerprint density at radius 2 is 1.92 bits per heavy atom. The number of halogens is 1. The van der Waals surface area contributed by atoms with Crippen LogP contribution in [0.4, 0.5) is 0 Å². The molecule has 0 aliphatic carbocycles. The molecule has 0 aliphatic rings. The number of rotatable bonds is 2. The van der Waals surface area contributed by atoms with Crippen molar-refractivity contribution in [3.05, 3.63) is 35.9 Å². The first-order valence-corrected chi connectivity index (χ1v) is 3.53. The molecule has 12 heavy (non-hydrogen) atoms. The summed E-state index contributed by atoms with van der Waals surface area (Å²) in [6.07, 6.45) is 0. The standard InChI is InChI=1S/C9H10N2.ClH/c10-6-9(7-11)8-4-2-1-3-5-8;/h1-5,9H,6,10H2;1H. The predicted molar refractivity (Wildman–Crippen MR) is 51.1 cm³/mol. The van der Waals surface area contributed by atoms with E-state index in [1.165, 1.54) is 0 Å². The number of hydrogen-bond acceptors (Lipinski definition) is 2. The second-order valence-electron chi connectivity index (χ2n) is 2.33. The lowest BCUT2D eigenvalue weighted by Crippen LogP contribution is -2.09. The van der Waals surface area contributed by atoms with Crippen molar-refractivity contribution >= 4 is 12.4 Å². The third-order valence-electron chi connectivity index (χ3n) is 1.59. The minimum atomic E-state index is -0.156. The molecule has 0 spiro atoms. The van der Waals surface area contributed by atoms with Crippen LogP contribution in [-0.4, -0.2) is 6.54 Å². The zero-order valence-electron chi connectivity index (χ0n) is 6.60. The zero-order chi connectivity index (χ0) is 8.10. The Morgan fingerprint density at radius 3 is 2.33 bits per heavy atom. The highest BCUT2D eigenvalue weighted by atomic mass is 35.5. The molecule has 0 bridgehead atoms. The van der Waals surface area contributed by atoms with Gasteiger partial charge in [-0.05, 0) is 5.56 Å². The van der Waals surface area contributed by atoms with Crippen molar-refractivity contribution in [2.75, 3.05) is 6.54 Å². The summed E-state index contributed by atoms with van der Waals surface area (Å²) < 4.78 is 0. The highest BCUT2D eigenvalue weighted by Gasteiger charge is 2.05. The summed E-state index contributed by atoms with van der Waals surface area (Å²) in [4.78, 5) is 0. The number of nitrogens with two attached hydrogens (primary N) is 1. The highest BCUT2D eigenvalue weighted by Crippen LogP contribution is 2.11. The van der Waals surface area contributed by atoms with E-state index in [0.29, 0.717) is 6.54 Å². The molecule has 0 radical (unpaired) electrons. The molecule has 1 unspecified atom stereocenters. The van der Waals surface area contributed by atoms with E-state index in [4.69, 9.17) is 11.0 Å². The highest BCUT2D eigenvalue weighted by molar-refractivity contribution is 5.85. The Bertz CT molecular complexity index is 253. The minimum Gasteiger partial charge on any atom is -0.329 e. The molecule has 64 valence electrons. The lowest BCUT2D eigenvalue weighted by atomic mass is 10.0. The van der Waals surface area contributed by atoms with Crippen LogP contribution < -0.4 is 5.73 Å². The molecule has 0 aliphatic heterocycles. The molecule has 1 aromatic carbocycles. The van der Waals surface area contributed by atoms with Crippen molar-refractivity contribution in [2.45, 2.75) is 5.92 Å². The second kappa shape index (κ2) is 5.59. The molecule has 1 atom stereocenters. The van der Waals surface area contributed by atoms with Crippen LogP contribution in [0.25, 0.3) is 0 Å². The Hall–Kier alpha value is -1.04. The van der Waals surface area contributed by atoms with Gasteiger partial charge in [-0.3, -0.25) is 0 Å². The summed E-state index contributed by atoms with van der Waals surface area (Å²) >= 11 is 0. The van der Waals surface area contributed by atoms with Crippen LogP contribution in [0.2, 0.25) is 0 Å². The first-order chi connectivity index (χ1) is 5.38. The molecule has 0 amide bonds. The summed E-state index contributed by atoms with van der Waals surface area (Å²) in [5, 5.41) is 8.65. The van der Waals surface area contributed by atoms with Crippen LogP contribution in [0.15, 0.2) is 30.3 Å². The Labute approximate surface area is 78.4 Å². The molecule has 2 N–H and O–H groups in total. The molecule has 0 saturated carbocycles. The van der Waals surface area contributed by atoms with Crippen LogP contribution in [-0.2, 0) is 0 Å². The maximum absolute atomic E-state index is 8.65. The van der Waals surface area contributed by atoms with Gasteiger partial charge in [0, 0.05) is 6.54 Å². The molecule has 1 aromatic rings. The van der Waals surface area contributed by atoms with Crippen LogP contribution in [0.3, 0.4) is 0 Å². The van der Waals surface area contributed by atoms with Gasteiger partial charge < -0.3 is 5.73 Å². The fourth-order valence-electron chi connectivity index (χ4n) is 0.949. The van der Waals surface area contributed by atoms with Gasteiger partial charge in [-0.25, -0.2) is 0 Å². The third-order valence-corrected chi connectivity index (χ3v) is 1.59. The monoisotopic (exact) mass is 182 g/mol. The normalized spacial score (nSPS) is 11.0. The fourth-order valence-corrected chi connectivity index (χ4v) is 0.949. The minimum absolute atomic E-state index is 0. The molecule has 3 heteroatoms. The van der Waals surface area contributed by atoms with E-state index in [0.717, 1.165) is 5.56 Å². The third kappa shape index (κ3) is 2.54. The van der Waals surface area contributed by atoms with Gasteiger partial charge in [-0.1, -0.05) is 30.3 Å². The number of nitriles is 1. The lowest BCUT2D eigenvalue weighted by Gasteiger charge is -2.03. The maximum Gasteiger partial charge on any atom is 0.0834 e. The lowest BCUT2D eigenvalue weighted by molar-refractivity contribution is 0.862. The number of hydrogen-bond donors (Lipinski definition) is 1. The molecule has 0 saturated heterocycles. The van der Waals surface area contributed by atoms with E-state index in [9.17, 15) is 0 Å². The largest absolute Gasteiger partial charge is 0.329 e. The van der Waals surface area contributed by atoms with Gasteiger partial charge in [-0.2, -0.15) is 5.26 Å². The molecule has 0 fully saturated rings. The summed E-state index contributed by atoms with van der Waals surface area (Å²) in [7, 11) is 0. The topological polar surface area (TPSA) is 49.8 Å². The molecule has 0 heterocycles. The van der Waals surface area contributed by atoms with Crippen molar-refractivity contribution in [3.63, 3.8) is 0 Å². The van der Waals surface area contributed by atoms with Gasteiger partial charge in [0.1, 0.15) is 0 Å². The molecular weight excluding hydrogens is 172 g/mol. The molecule has 2 nitrogen and oxygen atoms in total. The van der Waals surface area contributed by atoms with Gasteiger partial charge in [0.25, 0.3) is 0 Å². The summed E-state index contributed by atoms with van der Waals surface area (Å²) in [5.74, 6) is -0.156. The van der Waals surface area contributed by atoms with Gasteiger partial charge in [0.15, 0.2) is 0 Å². The van der Waals surface area contributed by atoms with Crippen molar-refractivity contribution in [1.82, 2.24) is 0 Å². The number of benzene rings is 1. The summed E-state index contributed by atoms with van der Waals surface area (Å²) in [6.45, 7) is 0.389. The fraction of sp³-hybridized carbons (Fsp3) is 0.222. The Balaban J connectivity index is 0.00000121. The predicted octanol–water partition coefficient (Wildman–Crippen LogP) is 1.67.